The Morgan fingerprint density at radius 3 is 2.54 bits per heavy atom. The van der Waals surface area contributed by atoms with Crippen LogP contribution >= 0.6 is 23.2 Å². The van der Waals surface area contributed by atoms with Gasteiger partial charge in [-0.05, 0) is 50.2 Å². The molecule has 0 N–H and O–H groups in total. The van der Waals surface area contributed by atoms with Gasteiger partial charge in [0.2, 0.25) is 5.82 Å². The summed E-state index contributed by atoms with van der Waals surface area (Å²) in [5.74, 6) is 0.703. The molecule has 1 aromatic heterocycles. The van der Waals surface area contributed by atoms with Gasteiger partial charge in [0.15, 0.2) is 0 Å². The van der Waals surface area contributed by atoms with Gasteiger partial charge in [-0.1, -0.05) is 28.4 Å². The van der Waals surface area contributed by atoms with Gasteiger partial charge in [0.25, 0.3) is 5.89 Å². The van der Waals surface area contributed by atoms with E-state index in [1.807, 2.05) is 13.8 Å². The van der Waals surface area contributed by atoms with E-state index in [9.17, 15) is 4.39 Å². The first-order chi connectivity index (χ1) is 11.4. The average molecular weight is 367 g/mol. The summed E-state index contributed by atoms with van der Waals surface area (Å²) in [4.78, 5) is 4.29. The van der Waals surface area contributed by atoms with E-state index in [1.165, 1.54) is 18.2 Å². The molecule has 1 heterocycles. The fraction of sp³-hybridized carbons (Fsp3) is 0.176. The maximum atomic E-state index is 13.1. The summed E-state index contributed by atoms with van der Waals surface area (Å²) in [5.41, 5.74) is 1.13. The smallest absolute Gasteiger partial charge is 0.259 e. The van der Waals surface area contributed by atoms with Crippen LogP contribution in [0.3, 0.4) is 0 Å². The Labute approximate surface area is 148 Å². The first-order valence-electron chi connectivity index (χ1n) is 7.20. The highest BCUT2D eigenvalue weighted by Crippen LogP contribution is 2.32. The van der Waals surface area contributed by atoms with Gasteiger partial charge in [-0.25, -0.2) is 4.39 Å². The predicted molar refractivity (Wildman–Crippen MR) is 90.9 cm³/mol. The number of benzene rings is 2. The van der Waals surface area contributed by atoms with E-state index in [2.05, 4.69) is 10.1 Å². The second-order valence-corrected chi connectivity index (χ2v) is 6.17. The minimum Gasteiger partial charge on any atom is -0.489 e. The number of aromatic nitrogens is 2. The van der Waals surface area contributed by atoms with E-state index in [4.69, 9.17) is 32.5 Å². The van der Waals surface area contributed by atoms with Gasteiger partial charge in [-0.2, -0.15) is 4.98 Å². The topological polar surface area (TPSA) is 48.2 Å². The molecule has 0 aliphatic heterocycles. The molecule has 0 saturated carbocycles. The monoisotopic (exact) mass is 366 g/mol. The summed E-state index contributed by atoms with van der Waals surface area (Å²) < 4.78 is 23.9. The van der Waals surface area contributed by atoms with Crippen LogP contribution in [0.25, 0.3) is 22.8 Å². The van der Waals surface area contributed by atoms with Gasteiger partial charge in [-0.3, -0.25) is 0 Å². The van der Waals surface area contributed by atoms with Crippen molar-refractivity contribution in [1.82, 2.24) is 10.1 Å². The Balaban J connectivity index is 1.92. The molecule has 0 aliphatic carbocycles. The van der Waals surface area contributed by atoms with Crippen LogP contribution in [-0.4, -0.2) is 16.2 Å². The highest BCUT2D eigenvalue weighted by Gasteiger charge is 2.15. The quantitative estimate of drug-likeness (QED) is 0.599. The molecule has 3 aromatic rings. The van der Waals surface area contributed by atoms with E-state index in [-0.39, 0.29) is 17.0 Å². The lowest BCUT2D eigenvalue weighted by Gasteiger charge is -2.11. The molecular formula is C17H13Cl2FN2O2. The minimum atomic E-state index is -0.434. The van der Waals surface area contributed by atoms with Gasteiger partial charge >= 0.3 is 0 Å². The van der Waals surface area contributed by atoms with Crippen LogP contribution in [0.5, 0.6) is 5.75 Å². The van der Waals surface area contributed by atoms with Crippen molar-refractivity contribution in [3.05, 3.63) is 52.3 Å². The summed E-state index contributed by atoms with van der Waals surface area (Å²) in [7, 11) is 0. The van der Waals surface area contributed by atoms with E-state index in [1.54, 1.807) is 18.2 Å². The van der Waals surface area contributed by atoms with E-state index in [0.717, 1.165) is 0 Å². The zero-order valence-electron chi connectivity index (χ0n) is 12.9. The van der Waals surface area contributed by atoms with E-state index < -0.39 is 5.82 Å². The Kier molecular flexibility index (Phi) is 4.73. The molecule has 24 heavy (non-hydrogen) atoms. The highest BCUT2D eigenvalue weighted by molar-refractivity contribution is 6.33. The van der Waals surface area contributed by atoms with Crippen molar-refractivity contribution in [3.8, 4) is 28.6 Å². The Morgan fingerprint density at radius 2 is 1.88 bits per heavy atom. The normalized spacial score (nSPS) is 11.1. The van der Waals surface area contributed by atoms with Crippen molar-refractivity contribution in [1.29, 1.82) is 0 Å². The van der Waals surface area contributed by atoms with E-state index in [0.29, 0.717) is 27.7 Å². The van der Waals surface area contributed by atoms with Crippen LogP contribution in [0.4, 0.5) is 4.39 Å². The number of halogens is 3. The highest BCUT2D eigenvalue weighted by atomic mass is 35.5. The van der Waals surface area contributed by atoms with Crippen LogP contribution in [-0.2, 0) is 0 Å². The maximum absolute atomic E-state index is 13.1. The summed E-state index contributed by atoms with van der Waals surface area (Å²) in [5, 5.41) is 4.57. The van der Waals surface area contributed by atoms with Crippen LogP contribution in [0.15, 0.2) is 40.9 Å². The third-order valence-electron chi connectivity index (χ3n) is 3.14. The summed E-state index contributed by atoms with van der Waals surface area (Å²) in [6, 6.07) is 9.18. The zero-order chi connectivity index (χ0) is 17.3. The molecule has 0 bridgehead atoms. The molecule has 0 spiro atoms. The SMILES string of the molecule is CC(C)Oc1ccc(-c2noc(-c3ccc(F)cc3Cl)n2)cc1Cl. The number of rotatable bonds is 4. The number of hydrogen-bond donors (Lipinski definition) is 0. The Morgan fingerprint density at radius 1 is 1.08 bits per heavy atom. The van der Waals surface area contributed by atoms with Crippen LogP contribution in [0.1, 0.15) is 13.8 Å². The lowest BCUT2D eigenvalue weighted by Crippen LogP contribution is -2.05. The molecule has 7 heteroatoms. The van der Waals surface area contributed by atoms with Crippen molar-refractivity contribution in [2.75, 3.05) is 0 Å². The summed E-state index contributed by atoms with van der Waals surface area (Å²) in [6.45, 7) is 3.84. The largest absolute Gasteiger partial charge is 0.489 e. The van der Waals surface area contributed by atoms with Gasteiger partial charge in [0.05, 0.1) is 21.7 Å². The molecule has 0 saturated heterocycles. The first kappa shape index (κ1) is 16.7. The Bertz CT molecular complexity index is 881. The molecule has 0 fully saturated rings. The fourth-order valence-electron chi connectivity index (χ4n) is 2.10. The van der Waals surface area contributed by atoms with Crippen LogP contribution in [0.2, 0.25) is 10.0 Å². The van der Waals surface area contributed by atoms with Crippen molar-refractivity contribution in [3.63, 3.8) is 0 Å². The molecule has 0 amide bonds. The molecule has 2 aromatic carbocycles. The van der Waals surface area contributed by atoms with Crippen LogP contribution in [0, 0.1) is 5.82 Å². The maximum Gasteiger partial charge on any atom is 0.259 e. The van der Waals surface area contributed by atoms with Crippen molar-refractivity contribution >= 4 is 23.2 Å². The Hall–Kier alpha value is -2.11. The summed E-state index contributed by atoms with van der Waals surface area (Å²) >= 11 is 12.2. The lowest BCUT2D eigenvalue weighted by atomic mass is 10.2. The van der Waals surface area contributed by atoms with Gasteiger partial charge in [0.1, 0.15) is 11.6 Å². The van der Waals surface area contributed by atoms with Gasteiger partial charge < -0.3 is 9.26 Å². The standard InChI is InChI=1S/C17H13Cl2FN2O2/c1-9(2)23-15-6-3-10(7-14(15)19)16-21-17(24-22-16)12-5-4-11(20)8-13(12)18/h3-9H,1-2H3. The fourth-order valence-corrected chi connectivity index (χ4v) is 2.58. The number of hydrogen-bond acceptors (Lipinski definition) is 4. The first-order valence-corrected chi connectivity index (χ1v) is 7.95. The molecule has 124 valence electrons. The van der Waals surface area contributed by atoms with Crippen LogP contribution < -0.4 is 4.74 Å². The third-order valence-corrected chi connectivity index (χ3v) is 3.75. The number of ether oxygens (including phenoxy) is 1. The number of nitrogens with zero attached hydrogens (tertiary/aromatic N) is 2. The van der Waals surface area contributed by atoms with Crippen molar-refractivity contribution in [2.45, 2.75) is 20.0 Å². The molecule has 0 unspecified atom stereocenters. The summed E-state index contributed by atoms with van der Waals surface area (Å²) in [6.07, 6.45) is 0.0192. The van der Waals surface area contributed by atoms with Gasteiger partial charge in [-0.15, -0.1) is 0 Å². The lowest BCUT2D eigenvalue weighted by molar-refractivity contribution is 0.242. The minimum absolute atomic E-state index is 0.0192. The average Bonchev–Trinajstić information content (AvgIpc) is 2.98. The molecular weight excluding hydrogens is 354 g/mol. The molecule has 0 aliphatic rings. The second kappa shape index (κ2) is 6.79. The van der Waals surface area contributed by atoms with Gasteiger partial charge in [0, 0.05) is 5.56 Å². The van der Waals surface area contributed by atoms with Crippen molar-refractivity contribution < 1.29 is 13.7 Å². The third kappa shape index (κ3) is 3.52. The molecule has 0 atom stereocenters. The zero-order valence-corrected chi connectivity index (χ0v) is 14.4. The molecule has 4 nitrogen and oxygen atoms in total. The molecule has 0 radical (unpaired) electrons. The van der Waals surface area contributed by atoms with E-state index >= 15 is 0 Å². The molecule has 3 rings (SSSR count). The second-order valence-electron chi connectivity index (χ2n) is 5.36. The predicted octanol–water partition coefficient (Wildman–Crippen LogP) is 5.64. The van der Waals surface area contributed by atoms with Crippen molar-refractivity contribution in [2.24, 2.45) is 0 Å².